The van der Waals surface area contributed by atoms with Gasteiger partial charge in [-0.3, -0.25) is 9.59 Å². The largest absolute Gasteiger partial charge is 0.478 e. The highest BCUT2D eigenvalue weighted by Gasteiger charge is 2.30. The van der Waals surface area contributed by atoms with Gasteiger partial charge in [0.05, 0.1) is 16.8 Å². The minimum Gasteiger partial charge on any atom is -0.478 e. The van der Waals surface area contributed by atoms with E-state index in [0.717, 1.165) is 31.5 Å². The van der Waals surface area contributed by atoms with Gasteiger partial charge in [0, 0.05) is 22.9 Å². The van der Waals surface area contributed by atoms with Crippen molar-refractivity contribution in [2.45, 2.75) is 25.8 Å². The fourth-order valence-corrected chi connectivity index (χ4v) is 4.07. The number of hydrogen-bond acceptors (Lipinski definition) is 5. The monoisotopic (exact) mass is 419 g/mol. The quantitative estimate of drug-likeness (QED) is 0.509. The van der Waals surface area contributed by atoms with E-state index in [0.29, 0.717) is 28.1 Å². The maximum Gasteiger partial charge on any atom is 0.335 e. The highest BCUT2D eigenvalue weighted by Crippen LogP contribution is 2.37. The van der Waals surface area contributed by atoms with Crippen LogP contribution in [0.4, 0.5) is 5.69 Å². The zero-order valence-corrected chi connectivity index (χ0v) is 17.6. The summed E-state index contributed by atoms with van der Waals surface area (Å²) in [7, 11) is 2.09. The fraction of sp³-hybridized carbons (Fsp3) is 0.292. The smallest absolute Gasteiger partial charge is 0.335 e. The Bertz CT molecular complexity index is 1080. The van der Waals surface area contributed by atoms with E-state index in [1.54, 1.807) is 30.3 Å². The average molecular weight is 419 g/mol. The molecule has 1 fully saturated rings. The lowest BCUT2D eigenvalue weighted by Crippen LogP contribution is -2.40. The van der Waals surface area contributed by atoms with Crippen LogP contribution in [0.15, 0.2) is 42.5 Å². The number of carboxylic acids is 1. The number of rotatable bonds is 5. The molecule has 0 aromatic heterocycles. The number of Topliss-reactive ketones (excluding diaryl/α,β-unsaturated/α-hetero) is 1. The summed E-state index contributed by atoms with van der Waals surface area (Å²) in [5, 5.41) is 15.7. The standard InChI is InChI=1S/C24H25N3O4/c1-14(28)17-7-8-20-19(13-17)21(23(29)26-20)22(25-18-9-11-27(2)12-10-18)15-3-5-16(6-4-15)24(30)31/h3-8,13,18,25H,9-12H2,1-2H3,(H,26,29)(H,30,31)/b22-21-. The topological polar surface area (TPSA) is 98.7 Å². The van der Waals surface area contributed by atoms with Crippen molar-refractivity contribution < 1.29 is 19.5 Å². The highest BCUT2D eigenvalue weighted by molar-refractivity contribution is 6.36. The third-order valence-electron chi connectivity index (χ3n) is 5.91. The van der Waals surface area contributed by atoms with E-state index >= 15 is 0 Å². The summed E-state index contributed by atoms with van der Waals surface area (Å²) in [4.78, 5) is 38.5. The summed E-state index contributed by atoms with van der Waals surface area (Å²) < 4.78 is 0. The molecule has 2 aromatic carbocycles. The molecular formula is C24H25N3O4. The Morgan fingerprint density at radius 1 is 1.03 bits per heavy atom. The van der Waals surface area contributed by atoms with Crippen molar-refractivity contribution >= 4 is 34.6 Å². The number of hydrogen-bond donors (Lipinski definition) is 3. The van der Waals surface area contributed by atoms with Gasteiger partial charge in [-0.1, -0.05) is 12.1 Å². The van der Waals surface area contributed by atoms with E-state index in [4.69, 9.17) is 0 Å². The first-order valence-corrected chi connectivity index (χ1v) is 10.3. The number of nitrogens with one attached hydrogen (secondary N) is 2. The number of benzene rings is 2. The predicted octanol–water partition coefficient (Wildman–Crippen LogP) is 3.09. The highest BCUT2D eigenvalue weighted by atomic mass is 16.4. The average Bonchev–Trinajstić information content (AvgIpc) is 3.08. The van der Waals surface area contributed by atoms with Crippen LogP contribution in [0.3, 0.4) is 0 Å². The van der Waals surface area contributed by atoms with E-state index in [9.17, 15) is 19.5 Å². The van der Waals surface area contributed by atoms with E-state index in [1.807, 2.05) is 0 Å². The zero-order valence-electron chi connectivity index (χ0n) is 17.6. The second kappa shape index (κ2) is 8.35. The molecule has 0 spiro atoms. The number of piperidine rings is 1. The minimum atomic E-state index is -1.00. The van der Waals surface area contributed by atoms with E-state index in [2.05, 4.69) is 22.6 Å². The molecule has 0 bridgehead atoms. The Kier molecular flexibility index (Phi) is 5.61. The van der Waals surface area contributed by atoms with Gasteiger partial charge < -0.3 is 20.6 Å². The molecule has 0 saturated carbocycles. The summed E-state index contributed by atoms with van der Waals surface area (Å²) in [5.74, 6) is -1.32. The number of nitrogens with zero attached hydrogens (tertiary/aromatic N) is 1. The van der Waals surface area contributed by atoms with Crippen molar-refractivity contribution in [3.05, 3.63) is 64.7 Å². The maximum absolute atomic E-state index is 13.0. The first kappa shape index (κ1) is 20.8. The number of carboxylic acid groups (broad SMARTS) is 1. The maximum atomic E-state index is 13.0. The van der Waals surface area contributed by atoms with Gasteiger partial charge in [-0.15, -0.1) is 0 Å². The summed E-state index contributed by atoms with van der Waals surface area (Å²) in [6.45, 7) is 3.41. The van der Waals surface area contributed by atoms with Gasteiger partial charge in [0.2, 0.25) is 0 Å². The first-order chi connectivity index (χ1) is 14.8. The van der Waals surface area contributed by atoms with E-state index in [1.165, 1.54) is 19.1 Å². The van der Waals surface area contributed by atoms with Crippen LogP contribution in [-0.4, -0.2) is 53.8 Å². The number of carbonyl (C=O) groups is 3. The molecule has 2 aliphatic rings. The molecule has 2 heterocycles. The summed E-state index contributed by atoms with van der Waals surface area (Å²) >= 11 is 0. The lowest BCUT2D eigenvalue weighted by Gasteiger charge is -2.31. The molecule has 0 aliphatic carbocycles. The number of ketones is 1. The molecule has 7 heteroatoms. The van der Waals surface area contributed by atoms with Crippen LogP contribution in [0.25, 0.3) is 11.3 Å². The molecule has 0 atom stereocenters. The molecule has 4 rings (SSSR count). The van der Waals surface area contributed by atoms with Gasteiger partial charge in [0.25, 0.3) is 5.91 Å². The molecule has 1 amide bonds. The summed E-state index contributed by atoms with van der Waals surface area (Å²) in [5.41, 5.74) is 3.92. The Morgan fingerprint density at radius 2 is 1.65 bits per heavy atom. The lowest BCUT2D eigenvalue weighted by molar-refractivity contribution is -0.110. The Labute approximate surface area is 180 Å². The molecule has 2 aliphatic heterocycles. The van der Waals surface area contributed by atoms with Gasteiger partial charge >= 0.3 is 5.97 Å². The first-order valence-electron chi connectivity index (χ1n) is 10.3. The molecule has 0 unspecified atom stereocenters. The number of anilines is 1. The van der Waals surface area contributed by atoms with Crippen LogP contribution in [-0.2, 0) is 4.79 Å². The van der Waals surface area contributed by atoms with Crippen LogP contribution in [0.2, 0.25) is 0 Å². The normalized spacial score (nSPS) is 18.3. The SMILES string of the molecule is CC(=O)c1ccc2c(c1)/C(=C(/NC1CCN(C)CC1)c1ccc(C(=O)O)cc1)C(=O)N2. The van der Waals surface area contributed by atoms with Gasteiger partial charge in [0.1, 0.15) is 0 Å². The molecule has 160 valence electrons. The van der Waals surface area contributed by atoms with Crippen molar-refractivity contribution in [1.29, 1.82) is 0 Å². The third kappa shape index (κ3) is 4.22. The van der Waals surface area contributed by atoms with Gasteiger partial charge in [-0.05, 0) is 75.8 Å². The van der Waals surface area contributed by atoms with Crippen molar-refractivity contribution in [2.24, 2.45) is 0 Å². The molecule has 31 heavy (non-hydrogen) atoms. The number of aromatic carboxylic acids is 1. The van der Waals surface area contributed by atoms with Crippen LogP contribution < -0.4 is 10.6 Å². The molecule has 2 aromatic rings. The van der Waals surface area contributed by atoms with E-state index in [-0.39, 0.29) is 23.3 Å². The van der Waals surface area contributed by atoms with Gasteiger partial charge in [-0.2, -0.15) is 0 Å². The Hall–Kier alpha value is -3.45. The zero-order chi connectivity index (χ0) is 22.1. The lowest BCUT2D eigenvalue weighted by atomic mass is 9.96. The van der Waals surface area contributed by atoms with Crippen LogP contribution >= 0.6 is 0 Å². The van der Waals surface area contributed by atoms with Crippen molar-refractivity contribution in [1.82, 2.24) is 10.2 Å². The summed E-state index contributed by atoms with van der Waals surface area (Å²) in [6.07, 6.45) is 1.87. The Balaban J connectivity index is 1.83. The molecule has 1 saturated heterocycles. The van der Waals surface area contributed by atoms with Crippen LogP contribution in [0.5, 0.6) is 0 Å². The van der Waals surface area contributed by atoms with Gasteiger partial charge in [0.15, 0.2) is 5.78 Å². The second-order valence-corrected chi connectivity index (χ2v) is 8.13. The summed E-state index contributed by atoms with van der Waals surface area (Å²) in [6, 6.07) is 11.9. The molecule has 7 nitrogen and oxygen atoms in total. The Morgan fingerprint density at radius 3 is 2.26 bits per heavy atom. The molecule has 3 N–H and O–H groups in total. The van der Waals surface area contributed by atoms with E-state index < -0.39 is 5.97 Å². The van der Waals surface area contributed by atoms with Crippen molar-refractivity contribution in [3.63, 3.8) is 0 Å². The molecule has 0 radical (unpaired) electrons. The number of fused-ring (bicyclic) bond motifs is 1. The number of likely N-dealkylation sites (tertiary alicyclic amines) is 1. The predicted molar refractivity (Wildman–Crippen MR) is 119 cm³/mol. The minimum absolute atomic E-state index is 0.0721. The fourth-order valence-electron chi connectivity index (χ4n) is 4.07. The second-order valence-electron chi connectivity index (χ2n) is 8.13. The van der Waals surface area contributed by atoms with Crippen molar-refractivity contribution in [3.8, 4) is 0 Å². The van der Waals surface area contributed by atoms with Gasteiger partial charge in [-0.25, -0.2) is 4.79 Å². The number of amides is 1. The van der Waals surface area contributed by atoms with Crippen molar-refractivity contribution in [2.75, 3.05) is 25.5 Å². The third-order valence-corrected chi connectivity index (χ3v) is 5.91. The van der Waals surface area contributed by atoms with Crippen LogP contribution in [0, 0.1) is 0 Å². The molecular weight excluding hydrogens is 394 g/mol. The number of carbonyl (C=O) groups excluding carboxylic acids is 2. The van der Waals surface area contributed by atoms with Crippen LogP contribution in [0.1, 0.15) is 51.6 Å².